The fourth-order valence-electron chi connectivity index (χ4n) is 2.74. The van der Waals surface area contributed by atoms with Crippen molar-refractivity contribution in [3.8, 4) is 0 Å². The van der Waals surface area contributed by atoms with E-state index in [4.69, 9.17) is 4.74 Å². The van der Waals surface area contributed by atoms with E-state index in [1.54, 1.807) is 0 Å². The van der Waals surface area contributed by atoms with E-state index in [0.29, 0.717) is 11.6 Å². The van der Waals surface area contributed by atoms with Crippen molar-refractivity contribution in [1.82, 2.24) is 5.32 Å². The van der Waals surface area contributed by atoms with Gasteiger partial charge in [0.15, 0.2) is 0 Å². The predicted molar refractivity (Wildman–Crippen MR) is 58.5 cm³/mol. The molecule has 0 aromatic rings. The number of hydrogen-bond donors (Lipinski definition) is 1. The number of ether oxygens (including phenoxy) is 1. The van der Waals surface area contributed by atoms with Gasteiger partial charge in [-0.2, -0.15) is 0 Å². The minimum atomic E-state index is 0.443. The van der Waals surface area contributed by atoms with Crippen molar-refractivity contribution in [1.29, 1.82) is 0 Å². The standard InChI is InChI=1S/C12H23NO/c1-12(7-2-3-8-12)13-9-6-11-5-4-10-14-11/h11,13H,2-10H2,1H3. The quantitative estimate of drug-likeness (QED) is 0.747. The average Bonchev–Trinajstić information content (AvgIpc) is 2.77. The molecule has 1 saturated heterocycles. The molecule has 82 valence electrons. The Morgan fingerprint density at radius 1 is 1.29 bits per heavy atom. The van der Waals surface area contributed by atoms with Crippen LogP contribution >= 0.6 is 0 Å². The van der Waals surface area contributed by atoms with E-state index >= 15 is 0 Å². The summed E-state index contributed by atoms with van der Waals surface area (Å²) in [5.41, 5.74) is 0.443. The Labute approximate surface area is 87.4 Å². The maximum Gasteiger partial charge on any atom is 0.0588 e. The molecule has 0 radical (unpaired) electrons. The van der Waals surface area contributed by atoms with Gasteiger partial charge in [0, 0.05) is 12.1 Å². The smallest absolute Gasteiger partial charge is 0.0588 e. The number of hydrogen-bond acceptors (Lipinski definition) is 2. The molecule has 0 aromatic carbocycles. The molecule has 1 heterocycles. The van der Waals surface area contributed by atoms with Gasteiger partial charge in [-0.25, -0.2) is 0 Å². The Kier molecular flexibility index (Phi) is 3.45. The zero-order valence-corrected chi connectivity index (χ0v) is 9.35. The normalized spacial score (nSPS) is 31.1. The van der Waals surface area contributed by atoms with Crippen LogP contribution < -0.4 is 5.32 Å². The van der Waals surface area contributed by atoms with Crippen molar-refractivity contribution in [2.75, 3.05) is 13.2 Å². The molecule has 0 aromatic heterocycles. The number of rotatable bonds is 4. The second-order valence-electron chi connectivity index (χ2n) is 5.12. The van der Waals surface area contributed by atoms with Gasteiger partial charge >= 0.3 is 0 Å². The first-order valence-electron chi connectivity index (χ1n) is 6.15. The molecule has 1 aliphatic heterocycles. The van der Waals surface area contributed by atoms with Gasteiger partial charge in [0.25, 0.3) is 0 Å². The predicted octanol–water partition coefficient (Wildman–Crippen LogP) is 2.48. The van der Waals surface area contributed by atoms with Crippen LogP contribution in [0.4, 0.5) is 0 Å². The molecule has 0 spiro atoms. The highest BCUT2D eigenvalue weighted by atomic mass is 16.5. The molecule has 1 atom stereocenters. The lowest BCUT2D eigenvalue weighted by molar-refractivity contribution is 0.102. The van der Waals surface area contributed by atoms with Gasteiger partial charge in [-0.15, -0.1) is 0 Å². The summed E-state index contributed by atoms with van der Waals surface area (Å²) in [6, 6.07) is 0. The Morgan fingerprint density at radius 2 is 2.07 bits per heavy atom. The van der Waals surface area contributed by atoms with E-state index in [9.17, 15) is 0 Å². The molecule has 1 saturated carbocycles. The maximum atomic E-state index is 5.61. The first kappa shape index (κ1) is 10.4. The zero-order chi connectivity index (χ0) is 9.86. The molecule has 14 heavy (non-hydrogen) atoms. The van der Waals surface area contributed by atoms with Gasteiger partial charge in [-0.1, -0.05) is 12.8 Å². The van der Waals surface area contributed by atoms with Crippen LogP contribution in [0.3, 0.4) is 0 Å². The minimum Gasteiger partial charge on any atom is -0.378 e. The van der Waals surface area contributed by atoms with Crippen LogP contribution in [-0.2, 0) is 4.74 Å². The van der Waals surface area contributed by atoms with E-state index in [1.165, 1.54) is 44.9 Å². The Morgan fingerprint density at radius 3 is 2.71 bits per heavy atom. The molecule has 1 unspecified atom stereocenters. The molecule has 2 nitrogen and oxygen atoms in total. The summed E-state index contributed by atoms with van der Waals surface area (Å²) in [5.74, 6) is 0. The highest BCUT2D eigenvalue weighted by Crippen LogP contribution is 2.28. The molecule has 0 amide bonds. The zero-order valence-electron chi connectivity index (χ0n) is 9.35. The summed E-state index contributed by atoms with van der Waals surface area (Å²) in [6.07, 6.45) is 9.83. The summed E-state index contributed by atoms with van der Waals surface area (Å²) < 4.78 is 5.61. The fourth-order valence-corrected chi connectivity index (χ4v) is 2.74. The van der Waals surface area contributed by atoms with Crippen molar-refractivity contribution in [2.24, 2.45) is 0 Å². The van der Waals surface area contributed by atoms with Gasteiger partial charge in [0.05, 0.1) is 6.10 Å². The van der Waals surface area contributed by atoms with Crippen molar-refractivity contribution in [3.63, 3.8) is 0 Å². The van der Waals surface area contributed by atoms with Crippen LogP contribution in [0, 0.1) is 0 Å². The topological polar surface area (TPSA) is 21.3 Å². The third-order valence-corrected chi connectivity index (χ3v) is 3.75. The van der Waals surface area contributed by atoms with Crippen LogP contribution in [0.15, 0.2) is 0 Å². The SMILES string of the molecule is CC1(NCCC2CCCO2)CCCC1. The summed E-state index contributed by atoms with van der Waals surface area (Å²) in [6.45, 7) is 4.50. The third-order valence-electron chi connectivity index (χ3n) is 3.75. The molecular weight excluding hydrogens is 174 g/mol. The molecule has 2 rings (SSSR count). The van der Waals surface area contributed by atoms with E-state index in [1.807, 2.05) is 0 Å². The summed E-state index contributed by atoms with van der Waals surface area (Å²) in [7, 11) is 0. The highest BCUT2D eigenvalue weighted by molar-refractivity contribution is 4.88. The molecule has 1 N–H and O–H groups in total. The molecule has 2 heteroatoms. The van der Waals surface area contributed by atoms with Crippen LogP contribution in [-0.4, -0.2) is 24.8 Å². The molecule has 0 bridgehead atoms. The van der Waals surface area contributed by atoms with E-state index in [2.05, 4.69) is 12.2 Å². The van der Waals surface area contributed by atoms with Gasteiger partial charge in [0.2, 0.25) is 0 Å². The van der Waals surface area contributed by atoms with Gasteiger partial charge in [-0.3, -0.25) is 0 Å². The highest BCUT2D eigenvalue weighted by Gasteiger charge is 2.27. The lowest BCUT2D eigenvalue weighted by Crippen LogP contribution is -2.40. The Balaban J connectivity index is 1.61. The summed E-state index contributed by atoms with van der Waals surface area (Å²) >= 11 is 0. The van der Waals surface area contributed by atoms with Crippen molar-refractivity contribution < 1.29 is 4.74 Å². The molecule has 2 fully saturated rings. The van der Waals surface area contributed by atoms with E-state index in [0.717, 1.165) is 13.2 Å². The Bertz CT molecular complexity index is 169. The fraction of sp³-hybridized carbons (Fsp3) is 1.00. The maximum absolute atomic E-state index is 5.61. The molecule has 1 aliphatic carbocycles. The lowest BCUT2D eigenvalue weighted by Gasteiger charge is -2.26. The number of nitrogens with one attached hydrogen (secondary N) is 1. The first-order valence-corrected chi connectivity index (χ1v) is 6.15. The lowest BCUT2D eigenvalue weighted by atomic mass is 10.0. The van der Waals surface area contributed by atoms with Crippen LogP contribution in [0.25, 0.3) is 0 Å². The van der Waals surface area contributed by atoms with Crippen molar-refractivity contribution in [2.45, 2.75) is 63.5 Å². The van der Waals surface area contributed by atoms with Crippen LogP contribution in [0.2, 0.25) is 0 Å². The second kappa shape index (κ2) is 4.63. The minimum absolute atomic E-state index is 0.443. The van der Waals surface area contributed by atoms with Gasteiger partial charge in [0.1, 0.15) is 0 Å². The van der Waals surface area contributed by atoms with Crippen molar-refractivity contribution in [3.05, 3.63) is 0 Å². The first-order chi connectivity index (χ1) is 6.79. The largest absolute Gasteiger partial charge is 0.378 e. The summed E-state index contributed by atoms with van der Waals surface area (Å²) in [4.78, 5) is 0. The van der Waals surface area contributed by atoms with Gasteiger partial charge < -0.3 is 10.1 Å². The molecular formula is C12H23NO. The monoisotopic (exact) mass is 197 g/mol. The second-order valence-corrected chi connectivity index (χ2v) is 5.12. The van der Waals surface area contributed by atoms with E-state index < -0.39 is 0 Å². The third kappa shape index (κ3) is 2.71. The van der Waals surface area contributed by atoms with Crippen molar-refractivity contribution >= 4 is 0 Å². The average molecular weight is 197 g/mol. The van der Waals surface area contributed by atoms with E-state index in [-0.39, 0.29) is 0 Å². The Hall–Kier alpha value is -0.0800. The molecule has 2 aliphatic rings. The summed E-state index contributed by atoms with van der Waals surface area (Å²) in [5, 5.41) is 3.70. The van der Waals surface area contributed by atoms with Crippen LogP contribution in [0.1, 0.15) is 51.9 Å². The van der Waals surface area contributed by atoms with Crippen LogP contribution in [0.5, 0.6) is 0 Å². The van der Waals surface area contributed by atoms with Gasteiger partial charge in [-0.05, 0) is 45.6 Å².